The normalized spacial score (nSPS) is 25.4. The average Bonchev–Trinajstić information content (AvgIpc) is 3.75. The molecule has 278 valence electrons. The highest BCUT2D eigenvalue weighted by molar-refractivity contribution is 14.1. The third-order valence-corrected chi connectivity index (χ3v) is 13.1. The number of nitrogens with one attached hydrogen (secondary N) is 1. The fourth-order valence-corrected chi connectivity index (χ4v) is 9.63. The summed E-state index contributed by atoms with van der Waals surface area (Å²) in [4.78, 5) is 48.6. The standard InChI is InChI=1S/C40H46FIN8O3/c1-23-15-31(29(41)20-43-23)46-36-35-32(44-22-49(35)24(2)42)19-30(45-36)25-5-6-28-33(16-25)50(27-17-26(18-27)48-11-8-39(3,4)21-48)38(52)40(28)9-12-47(13-10-40)37(51)34-7-14-53-34/h5-6,15-16,19-20,22,24,26-27,34H,7-14,17-18,21H2,1-4H3,(H,43,45,46). The van der Waals surface area contributed by atoms with Crippen LogP contribution in [0.25, 0.3) is 22.3 Å². The summed E-state index contributed by atoms with van der Waals surface area (Å²) in [5, 5.41) is 3.26. The van der Waals surface area contributed by atoms with E-state index in [-0.39, 0.29) is 28.0 Å². The number of aromatic nitrogens is 4. The number of piperidine rings is 1. The highest BCUT2D eigenvalue weighted by Gasteiger charge is 2.56. The number of aryl methyl sites for hydroxylation is 1. The minimum absolute atomic E-state index is 0.0476. The summed E-state index contributed by atoms with van der Waals surface area (Å²) in [5.74, 6) is 0.235. The van der Waals surface area contributed by atoms with Gasteiger partial charge in [-0.25, -0.2) is 14.4 Å². The lowest BCUT2D eigenvalue weighted by Gasteiger charge is -2.47. The van der Waals surface area contributed by atoms with Gasteiger partial charge in [0.05, 0.1) is 45.5 Å². The first-order valence-corrected chi connectivity index (χ1v) is 20.2. The van der Waals surface area contributed by atoms with Crippen LogP contribution in [-0.4, -0.2) is 92.1 Å². The Hall–Kier alpha value is -3.69. The minimum Gasteiger partial charge on any atom is -0.368 e. The molecular formula is C40H46FIN8O3. The number of imidazole rings is 1. The molecule has 2 unspecified atom stereocenters. The van der Waals surface area contributed by atoms with Crippen LogP contribution in [0.2, 0.25) is 0 Å². The van der Waals surface area contributed by atoms with Crippen molar-refractivity contribution in [1.82, 2.24) is 29.3 Å². The van der Waals surface area contributed by atoms with Gasteiger partial charge in [-0.3, -0.25) is 19.5 Å². The number of benzene rings is 1. The van der Waals surface area contributed by atoms with Crippen molar-refractivity contribution < 1.29 is 18.7 Å². The predicted octanol–water partition coefficient (Wildman–Crippen LogP) is 6.90. The molecule has 11 nitrogen and oxygen atoms in total. The molecule has 2 atom stereocenters. The molecule has 1 spiro atoms. The molecule has 3 aromatic heterocycles. The van der Waals surface area contributed by atoms with E-state index in [2.05, 4.69) is 81.7 Å². The van der Waals surface area contributed by atoms with Crippen molar-refractivity contribution >= 4 is 62.6 Å². The van der Waals surface area contributed by atoms with Crippen LogP contribution in [0.15, 0.2) is 42.9 Å². The number of carbonyl (C=O) groups excluding carboxylic acids is 2. The van der Waals surface area contributed by atoms with Gasteiger partial charge in [0.25, 0.3) is 5.91 Å². The number of alkyl halides is 1. The Labute approximate surface area is 322 Å². The Morgan fingerprint density at radius 1 is 1.08 bits per heavy atom. The number of amides is 2. The Kier molecular flexibility index (Phi) is 8.57. The molecule has 7 heterocycles. The van der Waals surface area contributed by atoms with Crippen LogP contribution in [0.4, 0.5) is 21.6 Å². The van der Waals surface area contributed by atoms with E-state index in [9.17, 15) is 9.59 Å². The molecule has 4 fully saturated rings. The molecule has 4 aliphatic heterocycles. The van der Waals surface area contributed by atoms with Gasteiger partial charge in [0.2, 0.25) is 5.91 Å². The number of pyridine rings is 2. The second-order valence-electron chi connectivity index (χ2n) is 16.5. The zero-order valence-electron chi connectivity index (χ0n) is 30.7. The van der Waals surface area contributed by atoms with Crippen molar-refractivity contribution in [2.75, 3.05) is 43.0 Å². The number of anilines is 3. The smallest absolute Gasteiger partial charge is 0.251 e. The molecule has 53 heavy (non-hydrogen) atoms. The summed E-state index contributed by atoms with van der Waals surface area (Å²) in [6, 6.07) is 10.5. The molecule has 0 bridgehead atoms. The van der Waals surface area contributed by atoms with E-state index in [0.717, 1.165) is 60.2 Å². The third-order valence-electron chi connectivity index (χ3n) is 12.5. The molecule has 5 aliphatic rings. The highest BCUT2D eigenvalue weighted by atomic mass is 127. The summed E-state index contributed by atoms with van der Waals surface area (Å²) < 4.78 is 22.6. The summed E-state index contributed by atoms with van der Waals surface area (Å²) in [6.07, 6.45) is 7.71. The Balaban J connectivity index is 1.09. The fraction of sp³-hybridized carbons (Fsp3) is 0.525. The van der Waals surface area contributed by atoms with Crippen LogP contribution in [0.1, 0.15) is 74.6 Å². The van der Waals surface area contributed by atoms with Gasteiger partial charge in [-0.2, -0.15) is 0 Å². The predicted molar refractivity (Wildman–Crippen MR) is 210 cm³/mol. The maximum atomic E-state index is 15.0. The Morgan fingerprint density at radius 3 is 2.53 bits per heavy atom. The lowest BCUT2D eigenvalue weighted by atomic mass is 9.73. The zero-order chi connectivity index (χ0) is 36.8. The minimum atomic E-state index is -0.679. The van der Waals surface area contributed by atoms with Gasteiger partial charge in [0.15, 0.2) is 11.6 Å². The molecule has 1 N–H and O–H groups in total. The van der Waals surface area contributed by atoms with Crippen LogP contribution in [-0.2, 0) is 19.7 Å². The number of halogens is 2. The van der Waals surface area contributed by atoms with E-state index >= 15 is 4.39 Å². The van der Waals surface area contributed by atoms with Gasteiger partial charge in [-0.1, -0.05) is 48.6 Å². The number of nitrogens with zero attached hydrogens (tertiary/aromatic N) is 7. The Morgan fingerprint density at radius 2 is 1.85 bits per heavy atom. The first-order valence-electron chi connectivity index (χ1n) is 18.9. The summed E-state index contributed by atoms with van der Waals surface area (Å²) >= 11 is 2.33. The third kappa shape index (κ3) is 5.92. The quantitative estimate of drug-likeness (QED) is 0.159. The highest BCUT2D eigenvalue weighted by Crippen LogP contribution is 2.52. The van der Waals surface area contributed by atoms with E-state index in [1.165, 1.54) is 12.6 Å². The fourth-order valence-electron chi connectivity index (χ4n) is 9.20. The second kappa shape index (κ2) is 13.0. The van der Waals surface area contributed by atoms with E-state index in [1.807, 2.05) is 22.5 Å². The van der Waals surface area contributed by atoms with Crippen LogP contribution < -0.4 is 10.2 Å². The number of ether oxygens (including phenoxy) is 1. The maximum absolute atomic E-state index is 15.0. The van der Waals surface area contributed by atoms with Crippen LogP contribution in [0.5, 0.6) is 0 Å². The van der Waals surface area contributed by atoms with Gasteiger partial charge in [0.1, 0.15) is 11.6 Å². The number of fused-ring (bicyclic) bond motifs is 3. The van der Waals surface area contributed by atoms with Gasteiger partial charge >= 0.3 is 0 Å². The van der Waals surface area contributed by atoms with Gasteiger partial charge in [-0.15, -0.1) is 0 Å². The van der Waals surface area contributed by atoms with E-state index in [1.54, 1.807) is 12.4 Å². The molecule has 1 aromatic carbocycles. The molecule has 1 aliphatic carbocycles. The number of likely N-dealkylation sites (tertiary alicyclic amines) is 2. The molecule has 2 amide bonds. The van der Waals surface area contributed by atoms with Crippen LogP contribution in [0.3, 0.4) is 0 Å². The summed E-state index contributed by atoms with van der Waals surface area (Å²) in [7, 11) is 0. The molecule has 4 aromatic rings. The number of rotatable bonds is 7. The topological polar surface area (TPSA) is 109 Å². The van der Waals surface area contributed by atoms with Gasteiger partial charge < -0.3 is 24.4 Å². The first kappa shape index (κ1) is 35.0. The number of carbonyl (C=O) groups is 2. The monoisotopic (exact) mass is 832 g/mol. The lowest BCUT2D eigenvalue weighted by Crippen LogP contribution is -2.58. The van der Waals surface area contributed by atoms with E-state index in [4.69, 9.17) is 14.7 Å². The van der Waals surface area contributed by atoms with E-state index < -0.39 is 11.2 Å². The SMILES string of the molecule is Cc1cc(Nc2nc(-c3ccc4c(c3)N(C3CC(N5CCC(C)(C)C5)C3)C(=O)C43CCN(C(=O)C4CCO4)CC3)cc3ncn(C(C)I)c23)c(F)cn1. The number of hydrogen-bond acceptors (Lipinski definition) is 8. The molecule has 13 heteroatoms. The molecule has 1 saturated carbocycles. The summed E-state index contributed by atoms with van der Waals surface area (Å²) in [6.45, 7) is 12.5. The lowest BCUT2D eigenvalue weighted by molar-refractivity contribution is -0.158. The van der Waals surface area contributed by atoms with Crippen molar-refractivity contribution in [3.63, 3.8) is 0 Å². The Bertz CT molecular complexity index is 2120. The van der Waals surface area contributed by atoms with Crippen molar-refractivity contribution in [2.45, 2.75) is 93.9 Å². The summed E-state index contributed by atoms with van der Waals surface area (Å²) in [5.41, 5.74) is 5.66. The van der Waals surface area contributed by atoms with Crippen molar-refractivity contribution in [3.8, 4) is 11.3 Å². The second-order valence-corrected chi connectivity index (χ2v) is 18.3. The van der Waals surface area contributed by atoms with Crippen LogP contribution in [0, 0.1) is 18.2 Å². The van der Waals surface area contributed by atoms with Gasteiger partial charge in [0, 0.05) is 55.1 Å². The van der Waals surface area contributed by atoms with E-state index in [0.29, 0.717) is 66.9 Å². The average molecular weight is 833 g/mol. The molecule has 9 rings (SSSR count). The molecule has 0 radical (unpaired) electrons. The molecule has 3 saturated heterocycles. The van der Waals surface area contributed by atoms with Crippen molar-refractivity contribution in [3.05, 3.63) is 59.9 Å². The van der Waals surface area contributed by atoms with Crippen molar-refractivity contribution in [2.24, 2.45) is 5.41 Å². The largest absolute Gasteiger partial charge is 0.368 e. The van der Waals surface area contributed by atoms with Gasteiger partial charge in [-0.05, 0) is 81.7 Å². The number of hydrogen-bond donors (Lipinski definition) is 1. The molecular weight excluding hydrogens is 786 g/mol. The maximum Gasteiger partial charge on any atom is 0.251 e. The zero-order valence-corrected chi connectivity index (χ0v) is 32.9. The van der Waals surface area contributed by atoms with Crippen molar-refractivity contribution in [1.29, 1.82) is 0 Å². The first-order chi connectivity index (χ1) is 25.4. The van der Waals surface area contributed by atoms with Crippen LogP contribution >= 0.6 is 22.6 Å².